The fourth-order valence-electron chi connectivity index (χ4n) is 2.60. The molecule has 3 aromatic rings. The maximum Gasteiger partial charge on any atom is 0.416 e. The topological polar surface area (TPSA) is 67.4 Å². The second-order valence-electron chi connectivity index (χ2n) is 6.29. The highest BCUT2D eigenvalue weighted by Gasteiger charge is 2.30. The SMILES string of the molecule is CC(Oc1ccc2ccccc2c1)C(=O)NNC(=O)c1ccc(C(F)(F)F)cc1. The molecular formula is C21H17F3N2O3. The molecule has 2 N–H and O–H groups in total. The first kappa shape index (κ1) is 20.2. The first-order valence-electron chi connectivity index (χ1n) is 8.67. The molecule has 1 atom stereocenters. The molecule has 5 nitrogen and oxygen atoms in total. The highest BCUT2D eigenvalue weighted by atomic mass is 19.4. The second kappa shape index (κ2) is 8.22. The van der Waals surface area contributed by atoms with E-state index in [0.717, 1.165) is 35.0 Å². The van der Waals surface area contributed by atoms with Crippen molar-refractivity contribution in [3.05, 3.63) is 77.9 Å². The van der Waals surface area contributed by atoms with Gasteiger partial charge in [-0.05, 0) is 54.1 Å². The van der Waals surface area contributed by atoms with Crippen molar-refractivity contribution in [2.24, 2.45) is 0 Å². The molecule has 0 bridgehead atoms. The Hall–Kier alpha value is -3.55. The summed E-state index contributed by atoms with van der Waals surface area (Å²) < 4.78 is 43.3. The van der Waals surface area contributed by atoms with Gasteiger partial charge in [0.15, 0.2) is 6.10 Å². The minimum Gasteiger partial charge on any atom is -0.481 e. The van der Waals surface area contributed by atoms with Gasteiger partial charge in [-0.15, -0.1) is 0 Å². The highest BCUT2D eigenvalue weighted by Crippen LogP contribution is 2.29. The number of hydrogen-bond donors (Lipinski definition) is 2. The molecule has 8 heteroatoms. The molecule has 0 aromatic heterocycles. The lowest BCUT2D eigenvalue weighted by Gasteiger charge is -2.15. The number of hydrogen-bond acceptors (Lipinski definition) is 3. The summed E-state index contributed by atoms with van der Waals surface area (Å²) in [6.07, 6.45) is -5.40. The molecule has 3 aromatic carbocycles. The summed E-state index contributed by atoms with van der Waals surface area (Å²) in [5, 5.41) is 1.98. The van der Waals surface area contributed by atoms with Crippen molar-refractivity contribution >= 4 is 22.6 Å². The lowest BCUT2D eigenvalue weighted by molar-refractivity contribution is -0.137. The van der Waals surface area contributed by atoms with Crippen LogP contribution in [-0.2, 0) is 11.0 Å². The van der Waals surface area contributed by atoms with Gasteiger partial charge >= 0.3 is 6.18 Å². The van der Waals surface area contributed by atoms with Gasteiger partial charge in [-0.3, -0.25) is 20.4 Å². The number of carbonyl (C=O) groups excluding carboxylic acids is 2. The lowest BCUT2D eigenvalue weighted by Crippen LogP contribution is -2.47. The minimum atomic E-state index is -4.49. The normalized spacial score (nSPS) is 12.3. The van der Waals surface area contributed by atoms with Gasteiger partial charge in [-0.1, -0.05) is 30.3 Å². The molecular weight excluding hydrogens is 385 g/mol. The summed E-state index contributed by atoms with van der Waals surface area (Å²) in [6, 6.07) is 16.7. The zero-order chi connectivity index (χ0) is 21.0. The number of carbonyl (C=O) groups is 2. The van der Waals surface area contributed by atoms with Crippen LogP contribution in [0.3, 0.4) is 0 Å². The Labute approximate surface area is 164 Å². The Balaban J connectivity index is 1.55. The Morgan fingerprint density at radius 2 is 1.55 bits per heavy atom. The van der Waals surface area contributed by atoms with Crippen LogP contribution in [0, 0.1) is 0 Å². The van der Waals surface area contributed by atoms with Crippen LogP contribution in [0.25, 0.3) is 10.8 Å². The monoisotopic (exact) mass is 402 g/mol. The molecule has 0 saturated heterocycles. The van der Waals surface area contributed by atoms with Crippen molar-refractivity contribution in [1.82, 2.24) is 10.9 Å². The number of nitrogens with one attached hydrogen (secondary N) is 2. The smallest absolute Gasteiger partial charge is 0.416 e. The van der Waals surface area contributed by atoms with E-state index < -0.39 is 29.7 Å². The third-order valence-electron chi connectivity index (χ3n) is 4.18. The van der Waals surface area contributed by atoms with Gasteiger partial charge in [-0.25, -0.2) is 0 Å². The van der Waals surface area contributed by atoms with Gasteiger partial charge < -0.3 is 4.74 Å². The molecule has 0 heterocycles. The second-order valence-corrected chi connectivity index (χ2v) is 6.29. The molecule has 0 radical (unpaired) electrons. The van der Waals surface area contributed by atoms with Gasteiger partial charge in [0.05, 0.1) is 5.56 Å². The molecule has 0 saturated carbocycles. The van der Waals surface area contributed by atoms with Crippen LogP contribution in [0.15, 0.2) is 66.7 Å². The summed E-state index contributed by atoms with van der Waals surface area (Å²) in [4.78, 5) is 24.1. The molecule has 0 aliphatic carbocycles. The van der Waals surface area contributed by atoms with Crippen molar-refractivity contribution in [1.29, 1.82) is 0 Å². The summed E-state index contributed by atoms with van der Waals surface area (Å²) in [7, 11) is 0. The predicted molar refractivity (Wildman–Crippen MR) is 101 cm³/mol. The number of fused-ring (bicyclic) bond motifs is 1. The van der Waals surface area contributed by atoms with Crippen molar-refractivity contribution in [2.75, 3.05) is 0 Å². The Bertz CT molecular complexity index is 1030. The van der Waals surface area contributed by atoms with E-state index in [9.17, 15) is 22.8 Å². The number of halogens is 3. The van der Waals surface area contributed by atoms with Crippen LogP contribution in [0.5, 0.6) is 5.75 Å². The van der Waals surface area contributed by atoms with Crippen LogP contribution in [-0.4, -0.2) is 17.9 Å². The standard InChI is InChI=1S/C21H17F3N2O3/c1-13(29-18-11-8-14-4-2-3-5-16(14)12-18)19(27)25-26-20(28)15-6-9-17(10-7-15)21(22,23)24/h2-13H,1H3,(H,25,27)(H,26,28). The van der Waals surface area contributed by atoms with Gasteiger partial charge in [0.2, 0.25) is 0 Å². The zero-order valence-electron chi connectivity index (χ0n) is 15.3. The first-order chi connectivity index (χ1) is 13.7. The van der Waals surface area contributed by atoms with E-state index in [1.54, 1.807) is 12.1 Å². The lowest BCUT2D eigenvalue weighted by atomic mass is 10.1. The molecule has 2 amide bonds. The van der Waals surface area contributed by atoms with E-state index in [1.165, 1.54) is 6.92 Å². The van der Waals surface area contributed by atoms with Gasteiger partial charge in [0.25, 0.3) is 11.8 Å². The van der Waals surface area contributed by atoms with Crippen molar-refractivity contribution in [2.45, 2.75) is 19.2 Å². The van der Waals surface area contributed by atoms with Crippen LogP contribution >= 0.6 is 0 Å². The average molecular weight is 402 g/mol. The molecule has 1 unspecified atom stereocenters. The fourth-order valence-corrected chi connectivity index (χ4v) is 2.60. The molecule has 0 aliphatic rings. The molecule has 0 aliphatic heterocycles. The Morgan fingerprint density at radius 3 is 2.21 bits per heavy atom. The van der Waals surface area contributed by atoms with Crippen LogP contribution in [0.4, 0.5) is 13.2 Å². The van der Waals surface area contributed by atoms with E-state index in [2.05, 4.69) is 10.9 Å². The summed E-state index contributed by atoms with van der Waals surface area (Å²) in [5.74, 6) is -0.871. The summed E-state index contributed by atoms with van der Waals surface area (Å²) in [6.45, 7) is 1.51. The van der Waals surface area contributed by atoms with Crippen LogP contribution < -0.4 is 15.6 Å². The number of rotatable bonds is 4. The fraction of sp³-hybridized carbons (Fsp3) is 0.143. The maximum absolute atomic E-state index is 12.6. The number of benzene rings is 3. The van der Waals surface area contributed by atoms with E-state index in [1.807, 2.05) is 30.3 Å². The van der Waals surface area contributed by atoms with E-state index in [4.69, 9.17) is 4.74 Å². The summed E-state index contributed by atoms with van der Waals surface area (Å²) in [5.41, 5.74) is 3.46. The molecule has 3 rings (SSSR count). The van der Waals surface area contributed by atoms with E-state index in [-0.39, 0.29) is 5.56 Å². The highest BCUT2D eigenvalue weighted by molar-refractivity contribution is 5.95. The quantitative estimate of drug-likeness (QED) is 0.646. The number of amides is 2. The Morgan fingerprint density at radius 1 is 0.897 bits per heavy atom. The maximum atomic E-state index is 12.6. The Kier molecular flexibility index (Phi) is 5.72. The molecule has 150 valence electrons. The van der Waals surface area contributed by atoms with Crippen molar-refractivity contribution < 1.29 is 27.5 Å². The number of ether oxygens (including phenoxy) is 1. The molecule has 0 spiro atoms. The first-order valence-corrected chi connectivity index (χ1v) is 8.67. The predicted octanol–water partition coefficient (Wildman–Crippen LogP) is 4.09. The zero-order valence-corrected chi connectivity index (χ0v) is 15.3. The van der Waals surface area contributed by atoms with Crippen molar-refractivity contribution in [3.8, 4) is 5.75 Å². The molecule has 29 heavy (non-hydrogen) atoms. The van der Waals surface area contributed by atoms with Gasteiger partial charge in [-0.2, -0.15) is 13.2 Å². The van der Waals surface area contributed by atoms with E-state index >= 15 is 0 Å². The summed E-state index contributed by atoms with van der Waals surface area (Å²) >= 11 is 0. The molecule has 0 fully saturated rings. The third-order valence-corrected chi connectivity index (χ3v) is 4.18. The number of hydrazine groups is 1. The minimum absolute atomic E-state index is 0.0265. The van der Waals surface area contributed by atoms with E-state index in [0.29, 0.717) is 5.75 Å². The third kappa shape index (κ3) is 5.04. The van der Waals surface area contributed by atoms with Crippen LogP contribution in [0.1, 0.15) is 22.8 Å². The average Bonchev–Trinajstić information content (AvgIpc) is 2.71. The number of alkyl halides is 3. The van der Waals surface area contributed by atoms with Gasteiger partial charge in [0.1, 0.15) is 5.75 Å². The van der Waals surface area contributed by atoms with Crippen molar-refractivity contribution in [3.63, 3.8) is 0 Å². The van der Waals surface area contributed by atoms with Crippen LogP contribution in [0.2, 0.25) is 0 Å². The largest absolute Gasteiger partial charge is 0.481 e. The van der Waals surface area contributed by atoms with Gasteiger partial charge in [0, 0.05) is 5.56 Å².